The van der Waals surface area contributed by atoms with E-state index in [2.05, 4.69) is 191 Å². The molecule has 0 spiro atoms. The quantitative estimate of drug-likeness (QED) is 0.182. The lowest BCUT2D eigenvalue weighted by molar-refractivity contribution is 1.18. The Labute approximate surface area is 289 Å². The predicted octanol–water partition coefficient (Wildman–Crippen LogP) is 12.9. The Morgan fingerprint density at radius 1 is 0.300 bits per heavy atom. The second-order valence-corrected chi connectivity index (χ2v) is 13.3. The topological polar surface area (TPSA) is 9.34 Å². The summed E-state index contributed by atoms with van der Waals surface area (Å²) in [5.41, 5.74) is 14.7. The molecule has 0 saturated carbocycles. The van der Waals surface area contributed by atoms with Crippen molar-refractivity contribution in [2.75, 3.05) is 0 Å². The molecular formula is C48H30N2. The van der Waals surface area contributed by atoms with E-state index in [4.69, 9.17) is 0 Å². The second kappa shape index (κ2) is 10.4. The van der Waals surface area contributed by atoms with Crippen LogP contribution in [-0.2, 0) is 0 Å². The zero-order valence-corrected chi connectivity index (χ0v) is 27.2. The number of hydrogen-bond acceptors (Lipinski definition) is 0. The molecule has 2 nitrogen and oxygen atoms in total. The van der Waals surface area contributed by atoms with Gasteiger partial charge in [-0.05, 0) is 81.2 Å². The first-order valence-electron chi connectivity index (χ1n) is 17.3. The van der Waals surface area contributed by atoms with E-state index in [1.807, 2.05) is 0 Å². The molecule has 232 valence electrons. The third-order valence-corrected chi connectivity index (χ3v) is 10.7. The van der Waals surface area contributed by atoms with Gasteiger partial charge in [0.05, 0.1) is 27.6 Å². The number of aromatic nitrogens is 2. The van der Waals surface area contributed by atoms with Gasteiger partial charge in [-0.15, -0.1) is 0 Å². The molecule has 3 aromatic heterocycles. The molecule has 0 unspecified atom stereocenters. The third kappa shape index (κ3) is 3.79. The zero-order chi connectivity index (χ0) is 32.8. The first kappa shape index (κ1) is 27.3. The second-order valence-electron chi connectivity index (χ2n) is 13.3. The lowest BCUT2D eigenvalue weighted by Gasteiger charge is -2.13. The lowest BCUT2D eigenvalue weighted by atomic mass is 9.94. The summed E-state index contributed by atoms with van der Waals surface area (Å²) in [5.74, 6) is 0. The summed E-state index contributed by atoms with van der Waals surface area (Å²) in [4.78, 5) is 0. The monoisotopic (exact) mass is 634 g/mol. The van der Waals surface area contributed by atoms with E-state index in [0.29, 0.717) is 0 Å². The molecule has 0 aliphatic rings. The summed E-state index contributed by atoms with van der Waals surface area (Å²) in [7, 11) is 0. The molecular weight excluding hydrogens is 605 g/mol. The van der Waals surface area contributed by atoms with Crippen LogP contribution in [0.4, 0.5) is 0 Å². The van der Waals surface area contributed by atoms with Crippen LogP contribution >= 0.6 is 0 Å². The van der Waals surface area contributed by atoms with Crippen LogP contribution in [0.2, 0.25) is 0 Å². The summed E-state index contributed by atoms with van der Waals surface area (Å²) in [6, 6.07) is 66.6. The van der Waals surface area contributed by atoms with Gasteiger partial charge >= 0.3 is 0 Å². The summed E-state index contributed by atoms with van der Waals surface area (Å²) in [6.45, 7) is 0. The largest absolute Gasteiger partial charge is 0.309 e. The fourth-order valence-corrected chi connectivity index (χ4v) is 8.53. The van der Waals surface area contributed by atoms with Gasteiger partial charge in [-0.3, -0.25) is 0 Å². The number of rotatable bonds is 4. The molecule has 0 atom stereocenters. The van der Waals surface area contributed by atoms with Crippen molar-refractivity contribution in [2.24, 2.45) is 0 Å². The van der Waals surface area contributed by atoms with Gasteiger partial charge in [0.15, 0.2) is 0 Å². The minimum Gasteiger partial charge on any atom is -0.309 e. The van der Waals surface area contributed by atoms with Gasteiger partial charge in [0, 0.05) is 32.6 Å². The van der Waals surface area contributed by atoms with Gasteiger partial charge in [0.1, 0.15) is 0 Å². The van der Waals surface area contributed by atoms with Crippen molar-refractivity contribution in [3.05, 3.63) is 182 Å². The Balaban J connectivity index is 1.25. The maximum Gasteiger partial charge on any atom is 0.0641 e. The summed E-state index contributed by atoms with van der Waals surface area (Å²) >= 11 is 0. The highest BCUT2D eigenvalue weighted by molar-refractivity contribution is 6.33. The van der Waals surface area contributed by atoms with E-state index in [1.54, 1.807) is 0 Å². The van der Waals surface area contributed by atoms with E-state index in [0.717, 1.165) is 5.69 Å². The van der Waals surface area contributed by atoms with Gasteiger partial charge in [0.25, 0.3) is 0 Å². The van der Waals surface area contributed by atoms with E-state index in [9.17, 15) is 0 Å². The molecule has 11 rings (SSSR count). The molecule has 50 heavy (non-hydrogen) atoms. The average molecular weight is 635 g/mol. The highest BCUT2D eigenvalue weighted by Crippen LogP contribution is 2.46. The van der Waals surface area contributed by atoms with Crippen LogP contribution in [0.1, 0.15) is 0 Å². The Kier molecular flexibility index (Phi) is 5.70. The van der Waals surface area contributed by atoms with Crippen molar-refractivity contribution in [1.82, 2.24) is 8.97 Å². The van der Waals surface area contributed by atoms with Crippen LogP contribution in [0.15, 0.2) is 182 Å². The number of nitrogens with zero attached hydrogens (tertiary/aromatic N) is 2. The van der Waals surface area contributed by atoms with Crippen LogP contribution in [0.5, 0.6) is 0 Å². The van der Waals surface area contributed by atoms with Gasteiger partial charge in [-0.1, -0.05) is 140 Å². The Hall–Kier alpha value is -6.64. The van der Waals surface area contributed by atoms with Gasteiger partial charge in [-0.2, -0.15) is 0 Å². The fourth-order valence-electron chi connectivity index (χ4n) is 8.53. The lowest BCUT2D eigenvalue weighted by Crippen LogP contribution is -1.95. The highest BCUT2D eigenvalue weighted by atomic mass is 15.0. The molecule has 0 bridgehead atoms. The molecule has 0 N–H and O–H groups in total. The van der Waals surface area contributed by atoms with Crippen molar-refractivity contribution in [3.63, 3.8) is 0 Å². The zero-order valence-electron chi connectivity index (χ0n) is 27.2. The fraction of sp³-hybridized carbons (Fsp3) is 0. The number of fused-ring (bicyclic) bond motifs is 6. The van der Waals surface area contributed by atoms with E-state index in [-0.39, 0.29) is 0 Å². The van der Waals surface area contributed by atoms with Crippen LogP contribution < -0.4 is 0 Å². The molecule has 11 aromatic rings. The number of benzene rings is 8. The minimum absolute atomic E-state index is 1.16. The van der Waals surface area contributed by atoms with Crippen molar-refractivity contribution in [3.8, 4) is 39.1 Å². The SMILES string of the molecule is c1ccc(-c2ccc3c(c2)c2ccc4c5c6c(cccc6n4-c4cccc(-c6ccccc6-c6ccccc6)c4)c4ccccc4n3c25)cc1. The van der Waals surface area contributed by atoms with Gasteiger partial charge in [0.2, 0.25) is 0 Å². The summed E-state index contributed by atoms with van der Waals surface area (Å²) in [6.07, 6.45) is 0. The summed E-state index contributed by atoms with van der Waals surface area (Å²) in [5, 5.41) is 7.69. The molecule has 3 heterocycles. The molecule has 0 aliphatic heterocycles. The maximum absolute atomic E-state index is 2.52. The van der Waals surface area contributed by atoms with Crippen LogP contribution in [0, 0.1) is 0 Å². The first-order valence-corrected chi connectivity index (χ1v) is 17.3. The molecule has 2 heteroatoms. The minimum atomic E-state index is 1.16. The maximum atomic E-state index is 2.52. The van der Waals surface area contributed by atoms with E-state index in [1.165, 1.54) is 93.3 Å². The highest BCUT2D eigenvalue weighted by Gasteiger charge is 2.23. The first-order chi connectivity index (χ1) is 24.8. The Morgan fingerprint density at radius 2 is 0.900 bits per heavy atom. The molecule has 0 saturated heterocycles. The average Bonchev–Trinajstić information content (AvgIpc) is 3.67. The summed E-state index contributed by atoms with van der Waals surface area (Å²) < 4.78 is 5.00. The molecule has 0 amide bonds. The van der Waals surface area contributed by atoms with Crippen molar-refractivity contribution >= 4 is 59.9 Å². The van der Waals surface area contributed by atoms with Crippen LogP contribution in [-0.4, -0.2) is 8.97 Å². The van der Waals surface area contributed by atoms with Gasteiger partial charge in [-0.25, -0.2) is 0 Å². The van der Waals surface area contributed by atoms with Crippen LogP contribution in [0.3, 0.4) is 0 Å². The Morgan fingerprint density at radius 3 is 1.74 bits per heavy atom. The van der Waals surface area contributed by atoms with E-state index >= 15 is 0 Å². The Bertz CT molecular complexity index is 3070. The number of hydrogen-bond donors (Lipinski definition) is 0. The molecule has 8 aromatic carbocycles. The third-order valence-electron chi connectivity index (χ3n) is 10.7. The van der Waals surface area contributed by atoms with Crippen molar-refractivity contribution < 1.29 is 0 Å². The standard InChI is InChI=1S/C48H30N2/c1-3-13-31(14-4-1)33-25-27-43-41(30-33)40-26-28-45-47-46-39(38-21-9-10-23-42(38)50(43)48(40)47)22-12-24-44(46)49(45)35-18-11-17-34(29-35)37-20-8-7-19-36(37)32-15-5-2-6-16-32/h1-30H. The van der Waals surface area contributed by atoms with Gasteiger partial charge < -0.3 is 8.97 Å². The normalized spacial score (nSPS) is 12.0. The van der Waals surface area contributed by atoms with Crippen molar-refractivity contribution in [2.45, 2.75) is 0 Å². The van der Waals surface area contributed by atoms with Crippen molar-refractivity contribution in [1.29, 1.82) is 0 Å². The number of para-hydroxylation sites is 1. The predicted molar refractivity (Wildman–Crippen MR) is 212 cm³/mol. The smallest absolute Gasteiger partial charge is 0.0641 e. The molecule has 0 aliphatic carbocycles. The van der Waals surface area contributed by atoms with E-state index < -0.39 is 0 Å². The van der Waals surface area contributed by atoms with Crippen LogP contribution in [0.25, 0.3) is 99.0 Å². The molecule has 0 radical (unpaired) electrons. The molecule has 0 fully saturated rings.